The lowest BCUT2D eigenvalue weighted by molar-refractivity contribution is 0.195. The molecule has 0 aliphatic carbocycles. The molecule has 14 heavy (non-hydrogen) atoms. The van der Waals surface area contributed by atoms with Crippen LogP contribution < -0.4 is 11.1 Å². The summed E-state index contributed by atoms with van der Waals surface area (Å²) in [5.41, 5.74) is 7.21. The predicted molar refractivity (Wildman–Crippen MR) is 58.7 cm³/mol. The minimum atomic E-state index is 0.371. The summed E-state index contributed by atoms with van der Waals surface area (Å²) < 4.78 is 5.26. The third kappa shape index (κ3) is 2.11. The highest BCUT2D eigenvalue weighted by molar-refractivity contribution is 6.33. The van der Waals surface area contributed by atoms with Gasteiger partial charge in [0.2, 0.25) is 0 Å². The fourth-order valence-electron chi connectivity index (χ4n) is 1.52. The quantitative estimate of drug-likeness (QED) is 0.739. The average Bonchev–Trinajstić information content (AvgIpc) is 2.62. The van der Waals surface area contributed by atoms with Crippen LogP contribution in [0.15, 0.2) is 18.2 Å². The number of ether oxygens (including phenoxy) is 1. The molecule has 1 aliphatic rings. The van der Waals surface area contributed by atoms with E-state index in [2.05, 4.69) is 5.32 Å². The first-order valence-corrected chi connectivity index (χ1v) is 5.03. The molecule has 3 N–H and O–H groups in total. The Labute approximate surface area is 88.2 Å². The van der Waals surface area contributed by atoms with Gasteiger partial charge in [-0.2, -0.15) is 0 Å². The van der Waals surface area contributed by atoms with E-state index in [0.717, 1.165) is 25.3 Å². The van der Waals surface area contributed by atoms with Crippen LogP contribution in [0.25, 0.3) is 0 Å². The molecule has 3 nitrogen and oxygen atoms in total. The average molecular weight is 213 g/mol. The van der Waals surface area contributed by atoms with Gasteiger partial charge in [-0.1, -0.05) is 11.6 Å². The van der Waals surface area contributed by atoms with Crippen LogP contribution in [-0.4, -0.2) is 19.3 Å². The second-order valence-corrected chi connectivity index (χ2v) is 3.85. The Morgan fingerprint density at radius 1 is 1.50 bits per heavy atom. The molecular formula is C10H13ClN2O. The van der Waals surface area contributed by atoms with Crippen molar-refractivity contribution in [3.63, 3.8) is 0 Å². The first-order chi connectivity index (χ1) is 6.75. The van der Waals surface area contributed by atoms with E-state index in [-0.39, 0.29) is 0 Å². The smallest absolute Gasteiger partial charge is 0.0668 e. The first kappa shape index (κ1) is 9.62. The molecule has 2 rings (SSSR count). The lowest BCUT2D eigenvalue weighted by Gasteiger charge is -2.13. The Hall–Kier alpha value is -0.930. The van der Waals surface area contributed by atoms with Gasteiger partial charge >= 0.3 is 0 Å². The maximum atomic E-state index is 6.02. The molecule has 1 saturated heterocycles. The van der Waals surface area contributed by atoms with Gasteiger partial charge in [-0.05, 0) is 24.6 Å². The lowest BCUT2D eigenvalue weighted by Crippen LogP contribution is -2.19. The summed E-state index contributed by atoms with van der Waals surface area (Å²) >= 11 is 6.02. The van der Waals surface area contributed by atoms with Crippen molar-refractivity contribution in [2.75, 3.05) is 24.3 Å². The number of nitrogens with one attached hydrogen (secondary N) is 1. The summed E-state index contributed by atoms with van der Waals surface area (Å²) in [6.45, 7) is 1.57. The zero-order chi connectivity index (χ0) is 9.97. The summed E-state index contributed by atoms with van der Waals surface area (Å²) in [6.07, 6.45) is 1.03. The minimum Gasteiger partial charge on any atom is -0.399 e. The van der Waals surface area contributed by atoms with Gasteiger partial charge in [0.25, 0.3) is 0 Å². The highest BCUT2D eigenvalue weighted by Gasteiger charge is 2.15. The monoisotopic (exact) mass is 212 g/mol. The van der Waals surface area contributed by atoms with Crippen LogP contribution >= 0.6 is 11.6 Å². The molecule has 76 valence electrons. The largest absolute Gasteiger partial charge is 0.399 e. The third-order valence-electron chi connectivity index (χ3n) is 2.28. The Morgan fingerprint density at radius 3 is 3.00 bits per heavy atom. The standard InChI is InChI=1S/C10H13ClN2O/c11-9-5-7(12)1-2-10(9)13-8-3-4-14-6-8/h1-2,5,8,13H,3-4,6,12H2. The van der Waals surface area contributed by atoms with Crippen LogP contribution in [0, 0.1) is 0 Å². The second kappa shape index (κ2) is 4.07. The maximum Gasteiger partial charge on any atom is 0.0668 e. The zero-order valence-corrected chi connectivity index (χ0v) is 8.55. The molecule has 1 unspecified atom stereocenters. The van der Waals surface area contributed by atoms with E-state index in [1.807, 2.05) is 12.1 Å². The van der Waals surface area contributed by atoms with Crippen molar-refractivity contribution in [2.45, 2.75) is 12.5 Å². The van der Waals surface area contributed by atoms with Crippen molar-refractivity contribution in [2.24, 2.45) is 0 Å². The van der Waals surface area contributed by atoms with Gasteiger partial charge in [-0.25, -0.2) is 0 Å². The summed E-state index contributed by atoms with van der Waals surface area (Å²) in [5.74, 6) is 0. The summed E-state index contributed by atoms with van der Waals surface area (Å²) in [7, 11) is 0. The fraction of sp³-hybridized carbons (Fsp3) is 0.400. The molecule has 4 heteroatoms. The fourth-order valence-corrected chi connectivity index (χ4v) is 1.76. The molecule has 1 atom stereocenters. The summed E-state index contributed by atoms with van der Waals surface area (Å²) in [6, 6.07) is 5.86. The highest BCUT2D eigenvalue weighted by atomic mass is 35.5. The number of hydrogen-bond acceptors (Lipinski definition) is 3. The number of nitrogens with two attached hydrogens (primary N) is 1. The van der Waals surface area contributed by atoms with Crippen molar-refractivity contribution < 1.29 is 4.74 Å². The van der Waals surface area contributed by atoms with Crippen molar-refractivity contribution in [3.05, 3.63) is 23.2 Å². The number of rotatable bonds is 2. The Balaban J connectivity index is 2.08. The van der Waals surface area contributed by atoms with Crippen molar-refractivity contribution in [1.29, 1.82) is 0 Å². The Bertz CT molecular complexity index is 324. The van der Waals surface area contributed by atoms with Gasteiger partial charge < -0.3 is 15.8 Å². The van der Waals surface area contributed by atoms with Crippen LogP contribution in [-0.2, 0) is 4.74 Å². The molecule has 0 radical (unpaired) electrons. The second-order valence-electron chi connectivity index (χ2n) is 3.44. The number of nitrogen functional groups attached to an aromatic ring is 1. The molecule has 0 aromatic heterocycles. The van der Waals surface area contributed by atoms with E-state index >= 15 is 0 Å². The Kier molecular flexibility index (Phi) is 2.79. The molecule has 1 aromatic carbocycles. The van der Waals surface area contributed by atoms with Crippen molar-refractivity contribution in [3.8, 4) is 0 Å². The molecule has 1 aliphatic heterocycles. The number of anilines is 2. The van der Waals surface area contributed by atoms with Crippen molar-refractivity contribution in [1.82, 2.24) is 0 Å². The van der Waals surface area contributed by atoms with Gasteiger partial charge in [0.15, 0.2) is 0 Å². The summed E-state index contributed by atoms with van der Waals surface area (Å²) in [5, 5.41) is 3.99. The lowest BCUT2D eigenvalue weighted by atomic mass is 10.2. The molecule has 1 fully saturated rings. The van der Waals surface area contributed by atoms with Crippen LogP contribution in [0.4, 0.5) is 11.4 Å². The topological polar surface area (TPSA) is 47.3 Å². The van der Waals surface area contributed by atoms with E-state index < -0.39 is 0 Å². The molecule has 0 saturated carbocycles. The third-order valence-corrected chi connectivity index (χ3v) is 2.60. The van der Waals surface area contributed by atoms with Crippen LogP contribution in [0.3, 0.4) is 0 Å². The number of halogens is 1. The van der Waals surface area contributed by atoms with Gasteiger partial charge in [-0.3, -0.25) is 0 Å². The van der Waals surface area contributed by atoms with E-state index in [0.29, 0.717) is 16.8 Å². The minimum absolute atomic E-state index is 0.371. The van der Waals surface area contributed by atoms with Crippen LogP contribution in [0.2, 0.25) is 5.02 Å². The molecular weight excluding hydrogens is 200 g/mol. The maximum absolute atomic E-state index is 6.02. The number of hydrogen-bond donors (Lipinski definition) is 2. The van der Waals surface area contributed by atoms with Gasteiger partial charge in [0, 0.05) is 12.3 Å². The summed E-state index contributed by atoms with van der Waals surface area (Å²) in [4.78, 5) is 0. The molecule has 1 heterocycles. The zero-order valence-electron chi connectivity index (χ0n) is 7.79. The predicted octanol–water partition coefficient (Wildman–Crippen LogP) is 2.12. The van der Waals surface area contributed by atoms with Gasteiger partial charge in [0.05, 0.1) is 23.4 Å². The van der Waals surface area contributed by atoms with E-state index in [1.165, 1.54) is 0 Å². The van der Waals surface area contributed by atoms with Crippen LogP contribution in [0.1, 0.15) is 6.42 Å². The van der Waals surface area contributed by atoms with Crippen LogP contribution in [0.5, 0.6) is 0 Å². The first-order valence-electron chi connectivity index (χ1n) is 4.65. The van der Waals surface area contributed by atoms with Gasteiger partial charge in [-0.15, -0.1) is 0 Å². The normalized spacial score (nSPS) is 21.1. The Morgan fingerprint density at radius 2 is 2.36 bits per heavy atom. The van der Waals surface area contributed by atoms with E-state index in [4.69, 9.17) is 22.1 Å². The SMILES string of the molecule is Nc1ccc(NC2CCOC2)c(Cl)c1. The molecule has 0 bridgehead atoms. The van der Waals surface area contributed by atoms with E-state index in [1.54, 1.807) is 6.07 Å². The molecule has 1 aromatic rings. The molecule has 0 spiro atoms. The van der Waals surface area contributed by atoms with Gasteiger partial charge in [0.1, 0.15) is 0 Å². The van der Waals surface area contributed by atoms with Crippen molar-refractivity contribution >= 4 is 23.0 Å². The number of benzene rings is 1. The molecule has 0 amide bonds. The van der Waals surface area contributed by atoms with E-state index in [9.17, 15) is 0 Å². The highest BCUT2D eigenvalue weighted by Crippen LogP contribution is 2.25.